The SMILES string of the molecule is CCNCc1cccc(Oc2cccc(Br)c2)n1. The molecule has 0 amide bonds. The summed E-state index contributed by atoms with van der Waals surface area (Å²) in [6.45, 7) is 3.76. The summed E-state index contributed by atoms with van der Waals surface area (Å²) >= 11 is 3.41. The molecule has 3 nitrogen and oxygen atoms in total. The third-order valence-electron chi connectivity index (χ3n) is 2.36. The van der Waals surface area contributed by atoms with Crippen LogP contribution < -0.4 is 10.1 Å². The topological polar surface area (TPSA) is 34.1 Å². The summed E-state index contributed by atoms with van der Waals surface area (Å²) in [4.78, 5) is 4.44. The number of nitrogens with one attached hydrogen (secondary N) is 1. The second-order valence-corrected chi connectivity index (χ2v) is 4.72. The van der Waals surface area contributed by atoms with E-state index in [1.807, 2.05) is 42.5 Å². The van der Waals surface area contributed by atoms with Crippen molar-refractivity contribution in [1.29, 1.82) is 0 Å². The number of hydrogen-bond acceptors (Lipinski definition) is 3. The van der Waals surface area contributed by atoms with Gasteiger partial charge in [0.2, 0.25) is 5.88 Å². The molecule has 0 atom stereocenters. The van der Waals surface area contributed by atoms with Gasteiger partial charge in [-0.25, -0.2) is 4.98 Å². The van der Waals surface area contributed by atoms with Gasteiger partial charge >= 0.3 is 0 Å². The van der Waals surface area contributed by atoms with Gasteiger partial charge < -0.3 is 10.1 Å². The summed E-state index contributed by atoms with van der Waals surface area (Å²) < 4.78 is 6.70. The molecule has 2 aromatic rings. The van der Waals surface area contributed by atoms with Crippen molar-refractivity contribution >= 4 is 15.9 Å². The fourth-order valence-corrected chi connectivity index (χ4v) is 1.90. The lowest BCUT2D eigenvalue weighted by atomic mass is 10.3. The Balaban J connectivity index is 2.09. The minimum Gasteiger partial charge on any atom is -0.439 e. The Morgan fingerprint density at radius 1 is 1.22 bits per heavy atom. The van der Waals surface area contributed by atoms with Gasteiger partial charge in [0.05, 0.1) is 5.69 Å². The van der Waals surface area contributed by atoms with Gasteiger partial charge in [0, 0.05) is 17.1 Å². The monoisotopic (exact) mass is 306 g/mol. The lowest BCUT2D eigenvalue weighted by molar-refractivity contribution is 0.459. The Hall–Kier alpha value is -1.39. The van der Waals surface area contributed by atoms with Gasteiger partial charge in [-0.2, -0.15) is 0 Å². The molecule has 0 radical (unpaired) electrons. The first-order valence-corrected chi connectivity index (χ1v) is 6.67. The van der Waals surface area contributed by atoms with E-state index in [9.17, 15) is 0 Å². The number of halogens is 1. The van der Waals surface area contributed by atoms with Crippen LogP contribution in [0.3, 0.4) is 0 Å². The zero-order valence-corrected chi connectivity index (χ0v) is 11.8. The summed E-state index contributed by atoms with van der Waals surface area (Å²) in [5.41, 5.74) is 0.976. The molecular formula is C14H15BrN2O. The predicted molar refractivity (Wildman–Crippen MR) is 75.8 cm³/mol. The van der Waals surface area contributed by atoms with E-state index in [0.29, 0.717) is 5.88 Å². The maximum Gasteiger partial charge on any atom is 0.219 e. The van der Waals surface area contributed by atoms with Crippen LogP contribution in [0.25, 0.3) is 0 Å². The van der Waals surface area contributed by atoms with Crippen molar-refractivity contribution in [2.75, 3.05) is 6.54 Å². The normalized spacial score (nSPS) is 10.3. The molecule has 2 rings (SSSR count). The Labute approximate surface area is 115 Å². The quantitative estimate of drug-likeness (QED) is 0.913. The van der Waals surface area contributed by atoms with Crippen molar-refractivity contribution in [3.63, 3.8) is 0 Å². The molecule has 0 aliphatic heterocycles. The van der Waals surface area contributed by atoms with Crippen LogP contribution in [0.4, 0.5) is 0 Å². The Morgan fingerprint density at radius 3 is 2.83 bits per heavy atom. The number of pyridine rings is 1. The standard InChI is InChI=1S/C14H15BrN2O/c1-2-16-10-12-6-4-8-14(17-12)18-13-7-3-5-11(15)9-13/h3-9,16H,2,10H2,1H3. The summed E-state index contributed by atoms with van der Waals surface area (Å²) in [5.74, 6) is 1.39. The highest BCUT2D eigenvalue weighted by molar-refractivity contribution is 9.10. The first-order valence-electron chi connectivity index (χ1n) is 5.88. The highest BCUT2D eigenvalue weighted by Crippen LogP contribution is 2.22. The molecule has 4 heteroatoms. The van der Waals surface area contributed by atoms with Crippen molar-refractivity contribution < 1.29 is 4.74 Å². The van der Waals surface area contributed by atoms with E-state index in [2.05, 4.69) is 33.2 Å². The third-order valence-corrected chi connectivity index (χ3v) is 2.85. The van der Waals surface area contributed by atoms with Gasteiger partial charge in [0.25, 0.3) is 0 Å². The molecule has 0 saturated carbocycles. The first-order chi connectivity index (χ1) is 8.78. The fourth-order valence-electron chi connectivity index (χ4n) is 1.52. The van der Waals surface area contributed by atoms with Gasteiger partial charge in [-0.15, -0.1) is 0 Å². The second-order valence-electron chi connectivity index (χ2n) is 3.81. The maximum absolute atomic E-state index is 5.71. The smallest absolute Gasteiger partial charge is 0.219 e. The van der Waals surface area contributed by atoms with Gasteiger partial charge in [-0.05, 0) is 30.8 Å². The van der Waals surface area contributed by atoms with E-state index in [1.54, 1.807) is 0 Å². The molecule has 94 valence electrons. The highest BCUT2D eigenvalue weighted by atomic mass is 79.9. The molecule has 0 saturated heterocycles. The third kappa shape index (κ3) is 3.82. The van der Waals surface area contributed by atoms with E-state index in [4.69, 9.17) is 4.74 Å². The lowest BCUT2D eigenvalue weighted by Gasteiger charge is -2.07. The molecule has 0 spiro atoms. The molecular weight excluding hydrogens is 292 g/mol. The zero-order valence-electron chi connectivity index (χ0n) is 10.2. The second kappa shape index (κ2) is 6.52. The van der Waals surface area contributed by atoms with Gasteiger partial charge in [0.1, 0.15) is 5.75 Å². The molecule has 1 N–H and O–H groups in total. The predicted octanol–water partition coefficient (Wildman–Crippen LogP) is 3.75. The maximum atomic E-state index is 5.71. The average Bonchev–Trinajstić information content (AvgIpc) is 2.37. The van der Waals surface area contributed by atoms with Crippen molar-refractivity contribution in [3.05, 3.63) is 52.6 Å². The van der Waals surface area contributed by atoms with Crippen molar-refractivity contribution in [3.8, 4) is 11.6 Å². The van der Waals surface area contributed by atoms with Gasteiger partial charge in [-0.3, -0.25) is 0 Å². The van der Waals surface area contributed by atoms with Gasteiger partial charge in [-0.1, -0.05) is 35.0 Å². The summed E-state index contributed by atoms with van der Waals surface area (Å²) in [6, 6.07) is 13.5. The van der Waals surface area contributed by atoms with Crippen LogP contribution in [0.2, 0.25) is 0 Å². The van der Waals surface area contributed by atoms with Crippen LogP contribution in [0.15, 0.2) is 46.9 Å². The summed E-state index contributed by atoms with van der Waals surface area (Å²) in [7, 11) is 0. The van der Waals surface area contributed by atoms with Crippen LogP contribution in [-0.4, -0.2) is 11.5 Å². The average molecular weight is 307 g/mol. The largest absolute Gasteiger partial charge is 0.439 e. The van der Waals surface area contributed by atoms with Crippen LogP contribution in [0.5, 0.6) is 11.6 Å². The first kappa shape index (κ1) is 13.1. The van der Waals surface area contributed by atoms with Crippen molar-refractivity contribution in [2.45, 2.75) is 13.5 Å². The molecule has 0 unspecified atom stereocenters. The molecule has 18 heavy (non-hydrogen) atoms. The minimum atomic E-state index is 0.614. The Bertz CT molecular complexity index is 517. The van der Waals surface area contributed by atoms with E-state index in [1.165, 1.54) is 0 Å². The number of aromatic nitrogens is 1. The van der Waals surface area contributed by atoms with Crippen LogP contribution in [-0.2, 0) is 6.54 Å². The summed E-state index contributed by atoms with van der Waals surface area (Å²) in [6.07, 6.45) is 0. The van der Waals surface area contributed by atoms with Crippen LogP contribution in [0.1, 0.15) is 12.6 Å². The molecule has 0 aliphatic carbocycles. The Morgan fingerprint density at radius 2 is 2.06 bits per heavy atom. The highest BCUT2D eigenvalue weighted by Gasteiger charge is 2.01. The molecule has 1 aromatic heterocycles. The molecule has 1 heterocycles. The Kier molecular flexibility index (Phi) is 4.73. The lowest BCUT2D eigenvalue weighted by Crippen LogP contribution is -2.12. The fraction of sp³-hybridized carbons (Fsp3) is 0.214. The van der Waals surface area contributed by atoms with E-state index >= 15 is 0 Å². The number of benzene rings is 1. The minimum absolute atomic E-state index is 0.614. The molecule has 0 fully saturated rings. The van der Waals surface area contributed by atoms with Crippen LogP contribution in [0, 0.1) is 0 Å². The van der Waals surface area contributed by atoms with Crippen molar-refractivity contribution in [2.24, 2.45) is 0 Å². The molecule has 0 bridgehead atoms. The number of nitrogens with zero attached hydrogens (tertiary/aromatic N) is 1. The van der Waals surface area contributed by atoms with E-state index in [-0.39, 0.29) is 0 Å². The van der Waals surface area contributed by atoms with Crippen LogP contribution >= 0.6 is 15.9 Å². The number of ether oxygens (including phenoxy) is 1. The van der Waals surface area contributed by atoms with E-state index < -0.39 is 0 Å². The molecule has 1 aromatic carbocycles. The van der Waals surface area contributed by atoms with E-state index in [0.717, 1.165) is 29.0 Å². The zero-order chi connectivity index (χ0) is 12.8. The summed E-state index contributed by atoms with van der Waals surface area (Å²) in [5, 5.41) is 3.24. The van der Waals surface area contributed by atoms with Gasteiger partial charge in [0.15, 0.2) is 0 Å². The van der Waals surface area contributed by atoms with Crippen molar-refractivity contribution in [1.82, 2.24) is 10.3 Å². The molecule has 0 aliphatic rings. The number of hydrogen-bond donors (Lipinski definition) is 1. The number of rotatable bonds is 5.